The number of fused-ring (bicyclic) bond motifs is 2. The summed E-state index contributed by atoms with van der Waals surface area (Å²) in [5.41, 5.74) is 7.46. The fourth-order valence-corrected chi connectivity index (χ4v) is 3.93. The molecule has 4 rings (SSSR count). The Kier molecular flexibility index (Phi) is 3.42. The number of benzene rings is 2. The van der Waals surface area contributed by atoms with Crippen LogP contribution in [0.15, 0.2) is 42.5 Å². The van der Waals surface area contributed by atoms with Crippen LogP contribution in [-0.2, 0) is 19.3 Å². The molecule has 0 heterocycles. The van der Waals surface area contributed by atoms with E-state index in [1.807, 2.05) is 0 Å². The molecule has 2 aromatic carbocycles. The number of hydrogen-bond acceptors (Lipinski definition) is 1. The van der Waals surface area contributed by atoms with Gasteiger partial charge < -0.3 is 5.32 Å². The lowest BCUT2D eigenvalue weighted by Gasteiger charge is -2.21. The van der Waals surface area contributed by atoms with Crippen molar-refractivity contribution < 1.29 is 0 Å². The molecule has 0 radical (unpaired) electrons. The van der Waals surface area contributed by atoms with Crippen LogP contribution >= 0.6 is 0 Å². The molecule has 0 amide bonds. The summed E-state index contributed by atoms with van der Waals surface area (Å²) in [6.45, 7) is 0. The van der Waals surface area contributed by atoms with E-state index in [1.165, 1.54) is 61.8 Å². The second kappa shape index (κ2) is 5.55. The summed E-state index contributed by atoms with van der Waals surface area (Å²) in [4.78, 5) is 0. The van der Waals surface area contributed by atoms with Gasteiger partial charge in [-0.25, -0.2) is 0 Å². The van der Waals surface area contributed by atoms with Gasteiger partial charge in [-0.2, -0.15) is 0 Å². The van der Waals surface area contributed by atoms with Gasteiger partial charge in [0.15, 0.2) is 0 Å². The SMILES string of the molecule is c1ccc2c(c1)CCCCC2Nc1ccc2c(c1)CCC2. The second-order valence-electron chi connectivity index (χ2n) is 6.48. The van der Waals surface area contributed by atoms with Crippen molar-refractivity contribution in [2.24, 2.45) is 0 Å². The van der Waals surface area contributed by atoms with Crippen LogP contribution < -0.4 is 5.32 Å². The van der Waals surface area contributed by atoms with Gasteiger partial charge in [0.05, 0.1) is 6.04 Å². The third-order valence-corrected chi connectivity index (χ3v) is 5.06. The van der Waals surface area contributed by atoms with Crippen LogP contribution in [0, 0.1) is 0 Å². The lowest BCUT2D eigenvalue weighted by atomic mass is 9.98. The fraction of sp³-hybridized carbons (Fsp3) is 0.400. The first kappa shape index (κ1) is 12.9. The molecule has 0 bridgehead atoms. The van der Waals surface area contributed by atoms with Crippen molar-refractivity contribution >= 4 is 5.69 Å². The summed E-state index contributed by atoms with van der Waals surface area (Å²) in [6.07, 6.45) is 8.96. The van der Waals surface area contributed by atoms with E-state index in [0.29, 0.717) is 6.04 Å². The van der Waals surface area contributed by atoms with Crippen molar-refractivity contribution in [3.05, 3.63) is 64.7 Å². The minimum Gasteiger partial charge on any atom is -0.378 e. The molecule has 21 heavy (non-hydrogen) atoms. The monoisotopic (exact) mass is 277 g/mol. The van der Waals surface area contributed by atoms with Crippen molar-refractivity contribution in [3.63, 3.8) is 0 Å². The van der Waals surface area contributed by atoms with E-state index in [0.717, 1.165) is 0 Å². The topological polar surface area (TPSA) is 12.0 Å². The minimum atomic E-state index is 0.475. The maximum atomic E-state index is 3.81. The Morgan fingerprint density at radius 2 is 1.62 bits per heavy atom. The Labute approximate surface area is 127 Å². The zero-order chi connectivity index (χ0) is 14.1. The first-order valence-electron chi connectivity index (χ1n) is 8.36. The fourth-order valence-electron chi connectivity index (χ4n) is 3.93. The van der Waals surface area contributed by atoms with E-state index in [2.05, 4.69) is 47.8 Å². The van der Waals surface area contributed by atoms with E-state index in [9.17, 15) is 0 Å². The Balaban J connectivity index is 1.62. The molecule has 0 aliphatic heterocycles. The highest BCUT2D eigenvalue weighted by Gasteiger charge is 2.19. The summed E-state index contributed by atoms with van der Waals surface area (Å²) in [5.74, 6) is 0. The maximum Gasteiger partial charge on any atom is 0.0516 e. The number of aryl methyl sites for hydroxylation is 3. The van der Waals surface area contributed by atoms with Gasteiger partial charge in [-0.1, -0.05) is 36.8 Å². The van der Waals surface area contributed by atoms with Crippen LogP contribution in [0.2, 0.25) is 0 Å². The maximum absolute atomic E-state index is 3.81. The number of rotatable bonds is 2. The molecule has 0 saturated heterocycles. The number of hydrogen-bond donors (Lipinski definition) is 1. The zero-order valence-corrected chi connectivity index (χ0v) is 12.6. The normalized spacial score (nSPS) is 20.5. The molecule has 1 atom stereocenters. The van der Waals surface area contributed by atoms with E-state index in [4.69, 9.17) is 0 Å². The van der Waals surface area contributed by atoms with Crippen LogP contribution in [0.25, 0.3) is 0 Å². The highest BCUT2D eigenvalue weighted by atomic mass is 14.9. The standard InChI is InChI=1S/C20H23N/c1-3-10-19-16(6-1)7-2-4-11-20(19)21-18-13-12-15-8-5-9-17(15)14-18/h1,3,6,10,12-14,20-21H,2,4-5,7-9,11H2. The summed E-state index contributed by atoms with van der Waals surface area (Å²) < 4.78 is 0. The molecular weight excluding hydrogens is 254 g/mol. The molecule has 2 aromatic rings. The summed E-state index contributed by atoms with van der Waals surface area (Å²) in [5, 5.41) is 3.81. The van der Waals surface area contributed by atoms with Crippen LogP contribution in [0.3, 0.4) is 0 Å². The van der Waals surface area contributed by atoms with Crippen molar-refractivity contribution in [1.29, 1.82) is 0 Å². The van der Waals surface area contributed by atoms with Crippen molar-refractivity contribution in [2.75, 3.05) is 5.32 Å². The van der Waals surface area contributed by atoms with Crippen LogP contribution in [-0.4, -0.2) is 0 Å². The number of anilines is 1. The lowest BCUT2D eigenvalue weighted by Crippen LogP contribution is -2.11. The predicted octanol–water partition coefficient (Wildman–Crippen LogP) is 5.05. The van der Waals surface area contributed by atoms with Crippen LogP contribution in [0.5, 0.6) is 0 Å². The first-order valence-corrected chi connectivity index (χ1v) is 8.36. The second-order valence-corrected chi connectivity index (χ2v) is 6.48. The molecule has 2 aliphatic rings. The highest BCUT2D eigenvalue weighted by Crippen LogP contribution is 2.33. The van der Waals surface area contributed by atoms with Gasteiger partial charge in [0.2, 0.25) is 0 Å². The Hall–Kier alpha value is -1.76. The van der Waals surface area contributed by atoms with Gasteiger partial charge in [0, 0.05) is 5.69 Å². The van der Waals surface area contributed by atoms with Crippen molar-refractivity contribution in [2.45, 2.75) is 51.0 Å². The van der Waals surface area contributed by atoms with E-state index in [1.54, 1.807) is 11.1 Å². The number of nitrogens with one attached hydrogen (secondary N) is 1. The largest absolute Gasteiger partial charge is 0.378 e. The van der Waals surface area contributed by atoms with Gasteiger partial charge in [-0.15, -0.1) is 0 Å². The van der Waals surface area contributed by atoms with Gasteiger partial charge in [-0.3, -0.25) is 0 Å². The summed E-state index contributed by atoms with van der Waals surface area (Å²) >= 11 is 0. The molecule has 1 unspecified atom stereocenters. The van der Waals surface area contributed by atoms with Crippen LogP contribution in [0.4, 0.5) is 5.69 Å². The van der Waals surface area contributed by atoms with E-state index in [-0.39, 0.29) is 0 Å². The van der Waals surface area contributed by atoms with E-state index < -0.39 is 0 Å². The smallest absolute Gasteiger partial charge is 0.0516 e. The lowest BCUT2D eigenvalue weighted by molar-refractivity contribution is 0.644. The Morgan fingerprint density at radius 1 is 0.762 bits per heavy atom. The van der Waals surface area contributed by atoms with Crippen molar-refractivity contribution in [1.82, 2.24) is 0 Å². The van der Waals surface area contributed by atoms with Gasteiger partial charge >= 0.3 is 0 Å². The molecule has 2 aliphatic carbocycles. The average molecular weight is 277 g/mol. The quantitative estimate of drug-likeness (QED) is 0.757. The van der Waals surface area contributed by atoms with Crippen molar-refractivity contribution in [3.8, 4) is 0 Å². The minimum absolute atomic E-state index is 0.475. The molecule has 1 N–H and O–H groups in total. The summed E-state index contributed by atoms with van der Waals surface area (Å²) in [6, 6.07) is 16.4. The van der Waals surface area contributed by atoms with Gasteiger partial charge in [0.25, 0.3) is 0 Å². The molecule has 1 nitrogen and oxygen atoms in total. The highest BCUT2D eigenvalue weighted by molar-refractivity contribution is 5.52. The van der Waals surface area contributed by atoms with Crippen LogP contribution in [0.1, 0.15) is 54.0 Å². The zero-order valence-electron chi connectivity index (χ0n) is 12.6. The van der Waals surface area contributed by atoms with E-state index >= 15 is 0 Å². The third-order valence-electron chi connectivity index (χ3n) is 5.06. The molecule has 0 spiro atoms. The Morgan fingerprint density at radius 3 is 2.62 bits per heavy atom. The third kappa shape index (κ3) is 2.57. The first-order chi connectivity index (χ1) is 10.4. The van der Waals surface area contributed by atoms with Gasteiger partial charge in [0.1, 0.15) is 0 Å². The average Bonchev–Trinajstić information content (AvgIpc) is 2.89. The molecule has 108 valence electrons. The molecular formula is C20H23N. The predicted molar refractivity (Wildman–Crippen MR) is 88.8 cm³/mol. The molecule has 0 saturated carbocycles. The Bertz CT molecular complexity index is 644. The summed E-state index contributed by atoms with van der Waals surface area (Å²) in [7, 11) is 0. The molecule has 0 aromatic heterocycles. The molecule has 0 fully saturated rings. The molecule has 1 heteroatoms. The van der Waals surface area contributed by atoms with Gasteiger partial charge in [-0.05, 0) is 72.9 Å².